The van der Waals surface area contributed by atoms with Crippen molar-refractivity contribution in [2.75, 3.05) is 57.9 Å². The molecule has 136 valence electrons. The molecule has 1 aromatic rings. The van der Waals surface area contributed by atoms with Crippen molar-refractivity contribution in [3.8, 4) is 0 Å². The molecule has 2 fully saturated rings. The first-order valence-electron chi connectivity index (χ1n) is 8.75. The fourth-order valence-electron chi connectivity index (χ4n) is 3.16. The normalized spacial score (nSPS) is 19.1. The quantitative estimate of drug-likeness (QED) is 0.800. The Morgan fingerprint density at radius 1 is 1.16 bits per heavy atom. The SMILES string of the molecule is Cc1cccc(NC(=O)CN2CCN(CN3CCOC3=S)CC2)c1C. The third-order valence-electron chi connectivity index (χ3n) is 4.93. The van der Waals surface area contributed by atoms with Crippen molar-refractivity contribution in [1.82, 2.24) is 14.7 Å². The first-order chi connectivity index (χ1) is 12.0. The summed E-state index contributed by atoms with van der Waals surface area (Å²) in [5.74, 6) is 0.0521. The van der Waals surface area contributed by atoms with Crippen molar-refractivity contribution in [3.63, 3.8) is 0 Å². The highest BCUT2D eigenvalue weighted by Gasteiger charge is 2.24. The van der Waals surface area contributed by atoms with E-state index in [1.165, 1.54) is 5.56 Å². The largest absolute Gasteiger partial charge is 0.469 e. The van der Waals surface area contributed by atoms with Crippen LogP contribution in [0.25, 0.3) is 0 Å². The Kier molecular flexibility index (Phi) is 5.88. The van der Waals surface area contributed by atoms with Crippen LogP contribution in [0.1, 0.15) is 11.1 Å². The monoisotopic (exact) mass is 362 g/mol. The molecule has 0 unspecified atom stereocenters. The molecule has 0 aliphatic carbocycles. The van der Waals surface area contributed by atoms with Crippen molar-refractivity contribution in [2.45, 2.75) is 13.8 Å². The smallest absolute Gasteiger partial charge is 0.260 e. The van der Waals surface area contributed by atoms with E-state index in [2.05, 4.69) is 33.0 Å². The number of anilines is 1. The molecule has 2 saturated heterocycles. The van der Waals surface area contributed by atoms with E-state index >= 15 is 0 Å². The minimum atomic E-state index is 0.0521. The van der Waals surface area contributed by atoms with E-state index in [1.807, 2.05) is 19.1 Å². The summed E-state index contributed by atoms with van der Waals surface area (Å²) in [6, 6.07) is 5.99. The number of carbonyl (C=O) groups excluding carboxylic acids is 1. The third-order valence-corrected chi connectivity index (χ3v) is 5.30. The Morgan fingerprint density at radius 2 is 1.88 bits per heavy atom. The second-order valence-electron chi connectivity index (χ2n) is 6.71. The summed E-state index contributed by atoms with van der Waals surface area (Å²) in [6.45, 7) is 10.6. The molecule has 1 amide bonds. The Bertz CT molecular complexity index is 644. The maximum atomic E-state index is 12.3. The van der Waals surface area contributed by atoms with Gasteiger partial charge < -0.3 is 15.0 Å². The van der Waals surface area contributed by atoms with Gasteiger partial charge in [-0.15, -0.1) is 0 Å². The molecular formula is C18H26N4O2S. The molecular weight excluding hydrogens is 336 g/mol. The lowest BCUT2D eigenvalue weighted by Gasteiger charge is -2.36. The highest BCUT2D eigenvalue weighted by Crippen LogP contribution is 2.18. The van der Waals surface area contributed by atoms with Gasteiger partial charge in [0.25, 0.3) is 5.17 Å². The number of amides is 1. The van der Waals surface area contributed by atoms with Crippen LogP contribution in [-0.4, -0.2) is 78.3 Å². The van der Waals surface area contributed by atoms with Crippen LogP contribution in [0.3, 0.4) is 0 Å². The number of benzene rings is 1. The van der Waals surface area contributed by atoms with Gasteiger partial charge in [-0.1, -0.05) is 12.1 Å². The highest BCUT2D eigenvalue weighted by atomic mass is 32.1. The highest BCUT2D eigenvalue weighted by molar-refractivity contribution is 7.80. The average molecular weight is 362 g/mol. The molecule has 6 nitrogen and oxygen atoms in total. The third kappa shape index (κ3) is 4.68. The van der Waals surface area contributed by atoms with E-state index in [-0.39, 0.29) is 5.91 Å². The first-order valence-corrected chi connectivity index (χ1v) is 9.16. The molecule has 0 atom stereocenters. The van der Waals surface area contributed by atoms with Crippen molar-refractivity contribution in [2.24, 2.45) is 0 Å². The summed E-state index contributed by atoms with van der Waals surface area (Å²) < 4.78 is 5.32. The minimum absolute atomic E-state index is 0.0521. The number of ether oxygens (including phenoxy) is 1. The summed E-state index contributed by atoms with van der Waals surface area (Å²) in [6.07, 6.45) is 0. The molecule has 0 saturated carbocycles. The molecule has 2 heterocycles. The van der Waals surface area contributed by atoms with Gasteiger partial charge in [0.15, 0.2) is 0 Å². The minimum Gasteiger partial charge on any atom is -0.469 e. The number of aryl methyl sites for hydroxylation is 1. The van der Waals surface area contributed by atoms with Crippen molar-refractivity contribution < 1.29 is 9.53 Å². The number of hydrogen-bond acceptors (Lipinski definition) is 5. The zero-order valence-corrected chi connectivity index (χ0v) is 15.8. The predicted molar refractivity (Wildman–Crippen MR) is 103 cm³/mol. The summed E-state index contributed by atoms with van der Waals surface area (Å²) in [4.78, 5) is 19.0. The molecule has 7 heteroatoms. The van der Waals surface area contributed by atoms with Gasteiger partial charge in [0, 0.05) is 31.9 Å². The molecule has 0 aromatic heterocycles. The second kappa shape index (κ2) is 8.12. The number of piperazine rings is 1. The van der Waals surface area contributed by atoms with E-state index < -0.39 is 0 Å². The predicted octanol–water partition coefficient (Wildman–Crippen LogP) is 1.43. The Balaban J connectivity index is 1.43. The Labute approximate surface area is 154 Å². The number of nitrogens with zero attached hydrogens (tertiary/aromatic N) is 3. The maximum Gasteiger partial charge on any atom is 0.260 e. The van der Waals surface area contributed by atoms with Gasteiger partial charge in [0.2, 0.25) is 5.91 Å². The van der Waals surface area contributed by atoms with E-state index in [1.54, 1.807) is 0 Å². The average Bonchev–Trinajstić information content (AvgIpc) is 2.99. The van der Waals surface area contributed by atoms with Crippen LogP contribution in [0.2, 0.25) is 0 Å². The van der Waals surface area contributed by atoms with Crippen molar-refractivity contribution in [1.29, 1.82) is 0 Å². The first kappa shape index (κ1) is 18.1. The van der Waals surface area contributed by atoms with Crippen molar-refractivity contribution in [3.05, 3.63) is 29.3 Å². The summed E-state index contributed by atoms with van der Waals surface area (Å²) in [7, 11) is 0. The van der Waals surface area contributed by atoms with Gasteiger partial charge in [0.05, 0.1) is 19.8 Å². The van der Waals surface area contributed by atoms with Gasteiger partial charge in [0.1, 0.15) is 6.61 Å². The zero-order valence-electron chi connectivity index (χ0n) is 15.0. The number of carbonyl (C=O) groups is 1. The lowest BCUT2D eigenvalue weighted by atomic mass is 10.1. The van der Waals surface area contributed by atoms with E-state index in [4.69, 9.17) is 17.0 Å². The number of thiocarbonyl (C=S) groups is 1. The standard InChI is InChI=1S/C18H26N4O2S/c1-14-4-3-5-16(15(14)2)19-17(23)12-20-6-8-21(9-7-20)13-22-10-11-24-18(22)25/h3-5H,6-13H2,1-2H3,(H,19,23). The number of hydrogen-bond donors (Lipinski definition) is 1. The van der Waals surface area contributed by atoms with Gasteiger partial charge in [-0.3, -0.25) is 14.6 Å². The Morgan fingerprint density at radius 3 is 2.56 bits per heavy atom. The zero-order chi connectivity index (χ0) is 17.8. The molecule has 2 aliphatic heterocycles. The van der Waals surface area contributed by atoms with E-state index in [0.717, 1.165) is 50.6 Å². The van der Waals surface area contributed by atoms with Crippen LogP contribution in [0, 0.1) is 13.8 Å². The molecule has 0 radical (unpaired) electrons. The molecule has 25 heavy (non-hydrogen) atoms. The van der Waals surface area contributed by atoms with Gasteiger partial charge in [-0.05, 0) is 43.3 Å². The van der Waals surface area contributed by atoms with Gasteiger partial charge >= 0.3 is 0 Å². The number of rotatable bonds is 5. The molecule has 3 rings (SSSR count). The van der Waals surface area contributed by atoms with Crippen LogP contribution in [0.5, 0.6) is 0 Å². The topological polar surface area (TPSA) is 48.1 Å². The van der Waals surface area contributed by atoms with Gasteiger partial charge in [-0.2, -0.15) is 0 Å². The van der Waals surface area contributed by atoms with E-state index in [0.29, 0.717) is 18.3 Å². The maximum absolute atomic E-state index is 12.3. The summed E-state index contributed by atoms with van der Waals surface area (Å²) >= 11 is 5.18. The Hall–Kier alpha value is -1.70. The fraction of sp³-hybridized carbons (Fsp3) is 0.556. The van der Waals surface area contributed by atoms with Crippen LogP contribution in [-0.2, 0) is 9.53 Å². The fourth-order valence-corrected chi connectivity index (χ4v) is 3.40. The van der Waals surface area contributed by atoms with Gasteiger partial charge in [-0.25, -0.2) is 0 Å². The van der Waals surface area contributed by atoms with Crippen molar-refractivity contribution >= 4 is 29.0 Å². The van der Waals surface area contributed by atoms with Crippen LogP contribution < -0.4 is 5.32 Å². The van der Waals surface area contributed by atoms with Crippen LogP contribution >= 0.6 is 12.2 Å². The second-order valence-corrected chi connectivity index (χ2v) is 7.06. The molecule has 1 N–H and O–H groups in total. The lowest BCUT2D eigenvalue weighted by Crippen LogP contribution is -2.51. The molecule has 0 spiro atoms. The molecule has 1 aromatic carbocycles. The molecule has 0 bridgehead atoms. The van der Waals surface area contributed by atoms with Crippen LogP contribution in [0.15, 0.2) is 18.2 Å². The summed E-state index contributed by atoms with van der Waals surface area (Å²) in [5.41, 5.74) is 3.23. The van der Waals surface area contributed by atoms with E-state index in [9.17, 15) is 4.79 Å². The van der Waals surface area contributed by atoms with Crippen LogP contribution in [0.4, 0.5) is 5.69 Å². The lowest BCUT2D eigenvalue weighted by molar-refractivity contribution is -0.117. The molecule has 2 aliphatic rings. The summed E-state index contributed by atoms with van der Waals surface area (Å²) in [5, 5.41) is 3.64. The number of nitrogens with one attached hydrogen (secondary N) is 1.